The third-order valence-electron chi connectivity index (χ3n) is 4.90. The molecule has 1 amide bonds. The summed E-state index contributed by atoms with van der Waals surface area (Å²) in [5.74, 6) is -0.0366. The van der Waals surface area contributed by atoms with Crippen LogP contribution in [-0.4, -0.2) is 25.2 Å². The Kier molecular flexibility index (Phi) is 5.00. The molecule has 0 spiro atoms. The molecule has 0 unspecified atom stereocenters. The molecule has 1 aliphatic rings. The number of benzene rings is 2. The predicted molar refractivity (Wildman–Crippen MR) is 96.4 cm³/mol. The number of carbonyl (C=O) groups excluding carboxylic acids is 1. The Bertz CT molecular complexity index is 681. The first-order chi connectivity index (χ1) is 11.7. The highest BCUT2D eigenvalue weighted by molar-refractivity contribution is 5.94. The Balaban J connectivity index is 1.63. The van der Waals surface area contributed by atoms with Gasteiger partial charge in [0.05, 0.1) is 5.60 Å². The fourth-order valence-corrected chi connectivity index (χ4v) is 3.46. The fourth-order valence-electron chi connectivity index (χ4n) is 3.46. The third-order valence-corrected chi connectivity index (χ3v) is 4.90. The zero-order valence-corrected chi connectivity index (χ0v) is 14.5. The number of methoxy groups -OCH3 is 1. The molecule has 2 aromatic carbocycles. The first kappa shape index (κ1) is 16.7. The van der Waals surface area contributed by atoms with Gasteiger partial charge in [-0.2, -0.15) is 0 Å². The van der Waals surface area contributed by atoms with E-state index in [4.69, 9.17) is 4.74 Å². The van der Waals surface area contributed by atoms with E-state index in [-0.39, 0.29) is 11.5 Å². The molecule has 0 aromatic heterocycles. The number of fused-ring (bicyclic) bond motifs is 1. The zero-order chi connectivity index (χ0) is 17.0. The predicted octanol–water partition coefficient (Wildman–Crippen LogP) is 3.55. The Morgan fingerprint density at radius 2 is 1.71 bits per heavy atom. The minimum atomic E-state index is -0.332. The number of ether oxygens (including phenoxy) is 1. The summed E-state index contributed by atoms with van der Waals surface area (Å²) in [5.41, 5.74) is 4.28. The Morgan fingerprint density at radius 1 is 1.08 bits per heavy atom. The molecule has 3 rings (SSSR count). The van der Waals surface area contributed by atoms with Crippen LogP contribution in [0.1, 0.15) is 40.4 Å². The SMILES string of the molecule is CCCc1ccc(C(=O)NCC2(OC)Cc3ccccc3C2)cc1. The summed E-state index contributed by atoms with van der Waals surface area (Å²) in [6.45, 7) is 2.68. The van der Waals surface area contributed by atoms with Crippen molar-refractivity contribution in [2.24, 2.45) is 0 Å². The molecule has 3 heteroatoms. The largest absolute Gasteiger partial charge is 0.376 e. The normalized spacial score (nSPS) is 15.1. The van der Waals surface area contributed by atoms with Gasteiger partial charge in [-0.15, -0.1) is 0 Å². The van der Waals surface area contributed by atoms with Gasteiger partial charge in [0, 0.05) is 32.1 Å². The topological polar surface area (TPSA) is 38.3 Å². The van der Waals surface area contributed by atoms with Crippen molar-refractivity contribution in [3.05, 3.63) is 70.8 Å². The Morgan fingerprint density at radius 3 is 2.25 bits per heavy atom. The number of amides is 1. The lowest BCUT2D eigenvalue weighted by molar-refractivity contribution is 0.000176. The van der Waals surface area contributed by atoms with Gasteiger partial charge in [0.15, 0.2) is 0 Å². The fraction of sp³-hybridized carbons (Fsp3) is 0.381. The van der Waals surface area contributed by atoms with E-state index in [1.54, 1.807) is 7.11 Å². The van der Waals surface area contributed by atoms with Crippen LogP contribution in [0.25, 0.3) is 0 Å². The summed E-state index contributed by atoms with van der Waals surface area (Å²) in [6.07, 6.45) is 3.85. The molecular formula is C21H25NO2. The molecule has 1 N–H and O–H groups in total. The molecule has 1 aliphatic carbocycles. The van der Waals surface area contributed by atoms with Crippen molar-refractivity contribution in [3.63, 3.8) is 0 Å². The van der Waals surface area contributed by atoms with Gasteiger partial charge in [-0.1, -0.05) is 49.7 Å². The van der Waals surface area contributed by atoms with E-state index < -0.39 is 0 Å². The van der Waals surface area contributed by atoms with Crippen molar-refractivity contribution in [1.29, 1.82) is 0 Å². The van der Waals surface area contributed by atoms with Crippen molar-refractivity contribution in [1.82, 2.24) is 5.32 Å². The lowest BCUT2D eigenvalue weighted by atomic mass is 9.99. The molecule has 0 bridgehead atoms. The summed E-state index contributed by atoms with van der Waals surface area (Å²) in [5, 5.41) is 3.06. The van der Waals surface area contributed by atoms with Gasteiger partial charge in [-0.3, -0.25) is 4.79 Å². The lowest BCUT2D eigenvalue weighted by Gasteiger charge is -2.27. The van der Waals surface area contributed by atoms with Crippen LogP contribution >= 0.6 is 0 Å². The quantitative estimate of drug-likeness (QED) is 0.883. The van der Waals surface area contributed by atoms with Gasteiger partial charge >= 0.3 is 0 Å². The van der Waals surface area contributed by atoms with Crippen LogP contribution in [0.3, 0.4) is 0 Å². The molecule has 0 atom stereocenters. The van der Waals surface area contributed by atoms with E-state index in [1.165, 1.54) is 16.7 Å². The van der Waals surface area contributed by atoms with Gasteiger partial charge in [-0.05, 0) is 35.2 Å². The van der Waals surface area contributed by atoms with E-state index >= 15 is 0 Å². The number of nitrogens with one attached hydrogen (secondary N) is 1. The van der Waals surface area contributed by atoms with E-state index in [9.17, 15) is 4.79 Å². The smallest absolute Gasteiger partial charge is 0.251 e. The standard InChI is InChI=1S/C21H25NO2/c1-3-6-16-9-11-17(12-10-16)20(23)22-15-21(24-2)13-18-7-4-5-8-19(18)14-21/h4-5,7-12H,3,6,13-15H2,1-2H3,(H,22,23). The van der Waals surface area contributed by atoms with Crippen LogP contribution in [0.4, 0.5) is 0 Å². The van der Waals surface area contributed by atoms with Crippen molar-refractivity contribution in [2.75, 3.05) is 13.7 Å². The van der Waals surface area contributed by atoms with Gasteiger partial charge in [0.25, 0.3) is 5.91 Å². The van der Waals surface area contributed by atoms with Crippen LogP contribution in [0, 0.1) is 0 Å². The van der Waals surface area contributed by atoms with E-state index in [1.807, 2.05) is 24.3 Å². The average molecular weight is 323 g/mol. The lowest BCUT2D eigenvalue weighted by Crippen LogP contribution is -2.45. The maximum Gasteiger partial charge on any atom is 0.251 e. The Hall–Kier alpha value is -2.13. The molecular weight excluding hydrogens is 298 g/mol. The molecule has 0 aliphatic heterocycles. The third kappa shape index (κ3) is 3.51. The molecule has 0 saturated heterocycles. The molecule has 3 nitrogen and oxygen atoms in total. The monoisotopic (exact) mass is 323 g/mol. The van der Waals surface area contributed by atoms with Gasteiger partial charge in [0.1, 0.15) is 0 Å². The minimum absolute atomic E-state index is 0.0366. The first-order valence-electron chi connectivity index (χ1n) is 8.65. The number of hydrogen-bond acceptors (Lipinski definition) is 2. The summed E-state index contributed by atoms with van der Waals surface area (Å²) >= 11 is 0. The minimum Gasteiger partial charge on any atom is -0.376 e. The van der Waals surface area contributed by atoms with Crippen LogP contribution in [0.15, 0.2) is 48.5 Å². The highest BCUT2D eigenvalue weighted by Gasteiger charge is 2.37. The average Bonchev–Trinajstić information content (AvgIpc) is 3.00. The molecule has 0 saturated carbocycles. The second kappa shape index (κ2) is 7.18. The van der Waals surface area contributed by atoms with E-state index in [2.05, 4.69) is 36.5 Å². The maximum atomic E-state index is 12.4. The summed E-state index contributed by atoms with van der Waals surface area (Å²) in [7, 11) is 1.73. The molecule has 126 valence electrons. The molecule has 2 aromatic rings. The van der Waals surface area contributed by atoms with Crippen molar-refractivity contribution in [2.45, 2.75) is 38.2 Å². The van der Waals surface area contributed by atoms with Crippen molar-refractivity contribution < 1.29 is 9.53 Å². The van der Waals surface area contributed by atoms with E-state index in [0.29, 0.717) is 12.1 Å². The van der Waals surface area contributed by atoms with Crippen LogP contribution in [0.5, 0.6) is 0 Å². The number of carbonyl (C=O) groups is 1. The Labute approximate surface area is 144 Å². The van der Waals surface area contributed by atoms with Crippen LogP contribution < -0.4 is 5.32 Å². The van der Waals surface area contributed by atoms with Crippen molar-refractivity contribution >= 4 is 5.91 Å². The van der Waals surface area contributed by atoms with Crippen LogP contribution in [0.2, 0.25) is 0 Å². The molecule has 0 radical (unpaired) electrons. The van der Waals surface area contributed by atoms with E-state index in [0.717, 1.165) is 25.7 Å². The zero-order valence-electron chi connectivity index (χ0n) is 14.5. The number of hydrogen-bond donors (Lipinski definition) is 1. The second-order valence-corrected chi connectivity index (χ2v) is 6.64. The maximum absolute atomic E-state index is 12.4. The molecule has 0 fully saturated rings. The number of rotatable bonds is 6. The van der Waals surface area contributed by atoms with Gasteiger partial charge in [-0.25, -0.2) is 0 Å². The molecule has 0 heterocycles. The highest BCUT2D eigenvalue weighted by atomic mass is 16.5. The molecule has 24 heavy (non-hydrogen) atoms. The second-order valence-electron chi connectivity index (χ2n) is 6.64. The summed E-state index contributed by atoms with van der Waals surface area (Å²) in [4.78, 5) is 12.4. The summed E-state index contributed by atoms with van der Waals surface area (Å²) < 4.78 is 5.80. The van der Waals surface area contributed by atoms with Crippen LogP contribution in [-0.2, 0) is 24.0 Å². The first-order valence-corrected chi connectivity index (χ1v) is 8.65. The van der Waals surface area contributed by atoms with Gasteiger partial charge in [0.2, 0.25) is 0 Å². The van der Waals surface area contributed by atoms with Crippen molar-refractivity contribution in [3.8, 4) is 0 Å². The summed E-state index contributed by atoms with van der Waals surface area (Å²) in [6, 6.07) is 16.3. The number of aryl methyl sites for hydroxylation is 1. The van der Waals surface area contributed by atoms with Gasteiger partial charge < -0.3 is 10.1 Å². The highest BCUT2D eigenvalue weighted by Crippen LogP contribution is 2.32.